The van der Waals surface area contributed by atoms with E-state index in [1.54, 1.807) is 19.1 Å². The number of primary amides is 1. The molecule has 29 heavy (non-hydrogen) atoms. The van der Waals surface area contributed by atoms with Crippen LogP contribution in [0.25, 0.3) is 10.2 Å². The first-order chi connectivity index (χ1) is 13.8. The Morgan fingerprint density at radius 1 is 1.38 bits per heavy atom. The minimum Gasteiger partial charge on any atom is -0.386 e. The van der Waals surface area contributed by atoms with Gasteiger partial charge in [-0.3, -0.25) is 14.2 Å². The number of rotatable bonds is 6. The highest BCUT2D eigenvalue weighted by atomic mass is 35.5. The maximum absolute atomic E-state index is 12.8. The lowest BCUT2D eigenvalue weighted by Gasteiger charge is -2.06. The van der Waals surface area contributed by atoms with Gasteiger partial charge in [-0.15, -0.1) is 32.9 Å². The number of fused-ring (bicyclic) bond motifs is 1. The highest BCUT2D eigenvalue weighted by molar-refractivity contribution is 7.20. The van der Waals surface area contributed by atoms with E-state index in [2.05, 4.69) is 20.4 Å². The molecule has 13 heteroatoms. The van der Waals surface area contributed by atoms with Gasteiger partial charge in [0, 0.05) is 4.88 Å². The Kier molecular flexibility index (Phi) is 5.17. The summed E-state index contributed by atoms with van der Waals surface area (Å²) in [6.45, 7) is 1.81. The molecule has 10 nitrogen and oxygen atoms in total. The molecule has 1 amide bonds. The van der Waals surface area contributed by atoms with Crippen LogP contribution in [0.3, 0.4) is 0 Å². The number of thiophene rings is 2. The summed E-state index contributed by atoms with van der Waals surface area (Å²) >= 11 is 8.24. The summed E-state index contributed by atoms with van der Waals surface area (Å²) in [7, 11) is 0. The molecule has 150 valence electrons. The molecule has 4 rings (SSSR count). The standard InChI is InChI=1S/C16H14ClN7O3S2/c1-7-12-15(29-13(7)14(18)26)19-6-23(16(12)27)5-11-20-22-24(21-11)4-8(25)9-2-3-10(17)28-9/h2-3,6,8,25H,4-5H2,1H3,(H2,18,26)/t8-/m0/s1. The predicted octanol–water partition coefficient (Wildman–Crippen LogP) is 1.35. The summed E-state index contributed by atoms with van der Waals surface area (Å²) < 4.78 is 1.92. The Hall–Kier alpha value is -2.67. The zero-order chi connectivity index (χ0) is 20.7. The Bertz CT molecular complexity index is 1280. The van der Waals surface area contributed by atoms with E-state index in [9.17, 15) is 14.7 Å². The van der Waals surface area contributed by atoms with Crippen molar-refractivity contribution in [1.29, 1.82) is 0 Å². The number of aliphatic hydroxyl groups is 1. The summed E-state index contributed by atoms with van der Waals surface area (Å²) in [4.78, 5) is 31.3. The molecule has 0 radical (unpaired) electrons. The normalized spacial score (nSPS) is 12.5. The molecule has 0 spiro atoms. The van der Waals surface area contributed by atoms with Crippen LogP contribution >= 0.6 is 34.3 Å². The van der Waals surface area contributed by atoms with Crippen LogP contribution in [-0.2, 0) is 13.1 Å². The van der Waals surface area contributed by atoms with Crippen LogP contribution in [0.1, 0.15) is 32.0 Å². The van der Waals surface area contributed by atoms with Gasteiger partial charge in [-0.05, 0) is 29.8 Å². The first kappa shape index (κ1) is 19.6. The van der Waals surface area contributed by atoms with Gasteiger partial charge in [-0.1, -0.05) is 11.6 Å². The number of aromatic nitrogens is 6. The van der Waals surface area contributed by atoms with Crippen LogP contribution in [-0.4, -0.2) is 40.8 Å². The molecule has 3 N–H and O–H groups in total. The average molecular weight is 452 g/mol. The number of nitrogens with zero attached hydrogens (tertiary/aromatic N) is 6. The molecular formula is C16H14ClN7O3S2. The number of carbonyl (C=O) groups is 1. The molecular weight excluding hydrogens is 438 g/mol. The van der Waals surface area contributed by atoms with Crippen molar-refractivity contribution in [3.8, 4) is 0 Å². The summed E-state index contributed by atoms with van der Waals surface area (Å²) in [6.07, 6.45) is 0.546. The average Bonchev–Trinajstić information content (AvgIpc) is 3.37. The highest BCUT2D eigenvalue weighted by Gasteiger charge is 2.19. The SMILES string of the molecule is Cc1c(C(N)=O)sc2ncn(Cc3nnn(C[C@H](O)c4ccc(Cl)s4)n3)c(=O)c12. The number of nitrogens with two attached hydrogens (primary N) is 1. The minimum absolute atomic E-state index is 0.0455. The summed E-state index contributed by atoms with van der Waals surface area (Å²) in [5.41, 5.74) is 5.55. The number of tetrazole rings is 1. The van der Waals surface area contributed by atoms with Gasteiger partial charge in [-0.2, -0.15) is 4.80 Å². The van der Waals surface area contributed by atoms with Crippen LogP contribution in [0, 0.1) is 6.92 Å². The van der Waals surface area contributed by atoms with E-state index < -0.39 is 12.0 Å². The molecule has 0 aromatic carbocycles. The Morgan fingerprint density at radius 2 is 2.17 bits per heavy atom. The number of aliphatic hydroxyl groups excluding tert-OH is 1. The van der Waals surface area contributed by atoms with Crippen LogP contribution < -0.4 is 11.3 Å². The smallest absolute Gasteiger partial charge is 0.262 e. The van der Waals surface area contributed by atoms with Crippen molar-refractivity contribution in [3.63, 3.8) is 0 Å². The molecule has 4 aromatic heterocycles. The molecule has 4 heterocycles. The Balaban J connectivity index is 1.56. The maximum Gasteiger partial charge on any atom is 0.262 e. The Morgan fingerprint density at radius 3 is 2.86 bits per heavy atom. The second-order valence-electron chi connectivity index (χ2n) is 6.20. The molecule has 0 saturated carbocycles. The number of aryl methyl sites for hydroxylation is 1. The first-order valence-corrected chi connectivity index (χ1v) is 10.3. The lowest BCUT2D eigenvalue weighted by atomic mass is 10.2. The second-order valence-corrected chi connectivity index (χ2v) is 8.94. The van der Waals surface area contributed by atoms with Gasteiger partial charge in [-0.25, -0.2) is 4.98 Å². The van der Waals surface area contributed by atoms with Gasteiger partial charge >= 0.3 is 0 Å². The van der Waals surface area contributed by atoms with Gasteiger partial charge in [0.25, 0.3) is 11.5 Å². The highest BCUT2D eigenvalue weighted by Crippen LogP contribution is 2.28. The molecule has 0 aliphatic carbocycles. The second kappa shape index (κ2) is 7.63. The van der Waals surface area contributed by atoms with Gasteiger partial charge < -0.3 is 10.8 Å². The molecule has 0 fully saturated rings. The fourth-order valence-electron chi connectivity index (χ4n) is 2.83. The van der Waals surface area contributed by atoms with E-state index in [1.807, 2.05) is 0 Å². The zero-order valence-electron chi connectivity index (χ0n) is 14.9. The summed E-state index contributed by atoms with van der Waals surface area (Å²) in [5, 5.41) is 22.6. The molecule has 0 saturated heterocycles. The van der Waals surface area contributed by atoms with E-state index in [0.717, 1.165) is 11.3 Å². The minimum atomic E-state index is -0.823. The van der Waals surface area contributed by atoms with Crippen molar-refractivity contribution in [1.82, 2.24) is 29.8 Å². The third kappa shape index (κ3) is 3.79. The van der Waals surface area contributed by atoms with E-state index in [1.165, 1.54) is 27.0 Å². The third-order valence-corrected chi connectivity index (χ3v) is 6.75. The molecule has 0 bridgehead atoms. The van der Waals surface area contributed by atoms with E-state index >= 15 is 0 Å². The van der Waals surface area contributed by atoms with Crippen LogP contribution in [0.15, 0.2) is 23.3 Å². The van der Waals surface area contributed by atoms with Gasteiger partial charge in [0.05, 0.1) is 34.0 Å². The molecule has 4 aromatic rings. The van der Waals surface area contributed by atoms with Gasteiger partial charge in [0.2, 0.25) is 0 Å². The first-order valence-electron chi connectivity index (χ1n) is 8.32. The lowest BCUT2D eigenvalue weighted by molar-refractivity contribution is 0.100. The monoisotopic (exact) mass is 451 g/mol. The number of hydrogen-bond donors (Lipinski definition) is 2. The van der Waals surface area contributed by atoms with E-state index in [4.69, 9.17) is 17.3 Å². The van der Waals surface area contributed by atoms with Crippen molar-refractivity contribution in [2.24, 2.45) is 5.73 Å². The van der Waals surface area contributed by atoms with Gasteiger partial charge in [0.15, 0.2) is 5.82 Å². The molecule has 0 aliphatic rings. The summed E-state index contributed by atoms with van der Waals surface area (Å²) in [5.74, 6) is -0.306. The largest absolute Gasteiger partial charge is 0.386 e. The van der Waals surface area contributed by atoms with E-state index in [0.29, 0.717) is 29.9 Å². The molecule has 0 aliphatic heterocycles. The molecule has 1 atom stereocenters. The van der Waals surface area contributed by atoms with Crippen molar-refractivity contribution < 1.29 is 9.90 Å². The Labute approximate surface area is 176 Å². The van der Waals surface area contributed by atoms with E-state index in [-0.39, 0.29) is 24.5 Å². The fraction of sp³-hybridized carbons (Fsp3) is 0.250. The van der Waals surface area contributed by atoms with Crippen LogP contribution in [0.4, 0.5) is 0 Å². The maximum atomic E-state index is 12.8. The molecule has 0 unspecified atom stereocenters. The van der Waals surface area contributed by atoms with Crippen molar-refractivity contribution in [3.05, 3.63) is 54.3 Å². The predicted molar refractivity (Wildman–Crippen MR) is 108 cm³/mol. The number of hydrogen-bond acceptors (Lipinski definition) is 9. The number of carbonyl (C=O) groups excluding carboxylic acids is 1. The lowest BCUT2D eigenvalue weighted by Crippen LogP contribution is -2.22. The van der Waals surface area contributed by atoms with Gasteiger partial charge in [0.1, 0.15) is 10.9 Å². The number of amides is 1. The van der Waals surface area contributed by atoms with Crippen molar-refractivity contribution >= 4 is 50.4 Å². The number of halogens is 1. The zero-order valence-corrected chi connectivity index (χ0v) is 17.3. The fourth-order valence-corrected chi connectivity index (χ4v) is 4.86. The van der Waals surface area contributed by atoms with Crippen LogP contribution in [0.2, 0.25) is 4.34 Å². The quantitative estimate of drug-likeness (QED) is 0.450. The van der Waals surface area contributed by atoms with Crippen LogP contribution in [0.5, 0.6) is 0 Å². The van der Waals surface area contributed by atoms with Crippen molar-refractivity contribution in [2.75, 3.05) is 0 Å². The third-order valence-electron chi connectivity index (χ3n) is 4.21. The summed E-state index contributed by atoms with van der Waals surface area (Å²) in [6, 6.07) is 3.44. The topological polar surface area (TPSA) is 142 Å². The van der Waals surface area contributed by atoms with Crippen molar-refractivity contribution in [2.45, 2.75) is 26.1 Å².